The van der Waals surface area contributed by atoms with Crippen molar-refractivity contribution in [2.75, 3.05) is 0 Å². The zero-order chi connectivity index (χ0) is 81.3. The second-order valence-electron chi connectivity index (χ2n) is 21.7. The Morgan fingerprint density at radius 1 is 0.542 bits per heavy atom. The number of benzene rings is 10. The molecule has 0 atom stereocenters. The number of pyridine rings is 1. The number of imidazole rings is 1. The molecule has 1 aliphatic heterocycles. The molecule has 0 spiro atoms. The predicted octanol–water partition coefficient (Wildman–Crippen LogP) is 20.0. The molecule has 0 saturated carbocycles. The largest absolute Gasteiger partial charge is 0.458 e. The Labute approximate surface area is 527 Å². The third-order valence-corrected chi connectivity index (χ3v) is 15.5. The summed E-state index contributed by atoms with van der Waals surface area (Å²) in [6.45, 7) is -11.2. The summed E-state index contributed by atoms with van der Waals surface area (Å²) in [6.07, 6.45) is -4.07. The van der Waals surface area contributed by atoms with Gasteiger partial charge in [-0.25, -0.2) is 4.98 Å². The average Bonchev–Trinajstić information content (AvgIpc) is 0.842. The van der Waals surface area contributed by atoms with E-state index in [4.69, 9.17) is 34.4 Å². The fourth-order valence-corrected chi connectivity index (χ4v) is 11.6. The molecule has 83 heavy (non-hydrogen) atoms. The Kier molecular flexibility index (Phi) is 6.50. The Morgan fingerprint density at radius 2 is 1.20 bits per heavy atom. The van der Waals surface area contributed by atoms with E-state index in [1.54, 1.807) is 85.1 Å². The van der Waals surface area contributed by atoms with Crippen LogP contribution in [0.1, 0.15) is 117 Å². The Bertz CT molecular complexity index is 6150. The summed E-state index contributed by atoms with van der Waals surface area (Å²) in [5, 5.41) is 1.79. The van der Waals surface area contributed by atoms with Gasteiger partial charge in [0.1, 0.15) is 17.3 Å². The summed E-state index contributed by atoms with van der Waals surface area (Å²) < 4.78 is 281. The van der Waals surface area contributed by atoms with Gasteiger partial charge in [0.25, 0.3) is 6.33 Å². The van der Waals surface area contributed by atoms with Gasteiger partial charge in [-0.3, -0.25) is 13.7 Å². The van der Waals surface area contributed by atoms with Crippen LogP contribution < -0.4 is 9.30 Å². The first-order valence-corrected chi connectivity index (χ1v) is 26.7. The summed E-state index contributed by atoms with van der Waals surface area (Å²) in [7, 11) is 0. The summed E-state index contributed by atoms with van der Waals surface area (Å²) in [5.41, 5.74) is -10.8. The highest BCUT2D eigenvalue weighted by atomic mass is 16.5. The van der Waals surface area contributed by atoms with Crippen molar-refractivity contribution in [3.63, 3.8) is 0 Å². The molecule has 0 radical (unpaired) electrons. The molecule has 0 amide bonds. The van der Waals surface area contributed by atoms with Gasteiger partial charge in [-0.1, -0.05) is 218 Å². The standard InChI is InChI=1S/C78H64N4O/c1-76(2,3)54-39-42-79-72(46-54)82-69-34-17-16-28-61(69)62-37-36-57(48-70(62)82)83-56-26-18-25-55(47-56)80-49-81-74-59(51-23-12-9-13-24-51)31-20-33-65(74)64-32-19-30-58(50-21-10-8-11-22-50)73(64)63-29-15-14-27-60(63)66-43-53(45-71(80)75(66)81)52-35-38-67-68(44-52)78(6,7)41-40-77(67,4)5/h8-39,42-48H,40-41H2,1-7H3/i4D3,5D3,6D3,7D3,8D,9D,10D,11D,12D,13D,21D,22D,23D,24D,35D,38D,40D2,41D2,44D. The van der Waals surface area contributed by atoms with Crippen molar-refractivity contribution in [3.8, 4) is 95.5 Å². The van der Waals surface area contributed by atoms with E-state index >= 15 is 0 Å². The van der Waals surface area contributed by atoms with Gasteiger partial charge in [0, 0.05) is 45.0 Å². The highest BCUT2D eigenvalue weighted by molar-refractivity contribution is 6.10. The number of para-hydroxylation sites is 2. The highest BCUT2D eigenvalue weighted by Crippen LogP contribution is 2.51. The zero-order valence-corrected chi connectivity index (χ0v) is 44.7. The van der Waals surface area contributed by atoms with Gasteiger partial charge in [-0.2, -0.15) is 0 Å². The fourth-order valence-electron chi connectivity index (χ4n) is 11.6. The molecule has 4 heterocycles. The van der Waals surface area contributed by atoms with Crippen LogP contribution in [0.4, 0.5) is 0 Å². The molecule has 5 heteroatoms. The van der Waals surface area contributed by atoms with Crippen molar-refractivity contribution in [3.05, 3.63) is 259 Å². The minimum Gasteiger partial charge on any atom is -0.458 e. The second kappa shape index (κ2) is 19.0. The van der Waals surface area contributed by atoms with Gasteiger partial charge in [0.05, 0.1) is 51.3 Å². The van der Waals surface area contributed by atoms with Gasteiger partial charge in [-0.15, -0.1) is 0 Å². The number of nitrogens with zero attached hydrogens (tertiary/aromatic N) is 4. The number of hydrogen-bond acceptors (Lipinski definition) is 2. The lowest BCUT2D eigenvalue weighted by atomic mass is 9.63. The Morgan fingerprint density at radius 3 is 1.99 bits per heavy atom. The van der Waals surface area contributed by atoms with Gasteiger partial charge in [-0.05, 0) is 167 Å². The van der Waals surface area contributed by atoms with Gasteiger partial charge >= 0.3 is 0 Å². The van der Waals surface area contributed by atoms with Crippen molar-refractivity contribution < 1.29 is 49.1 Å². The van der Waals surface area contributed by atoms with Crippen molar-refractivity contribution in [1.82, 2.24) is 14.1 Å². The number of fused-ring (bicyclic) bond motifs is 11. The van der Waals surface area contributed by atoms with Gasteiger partial charge < -0.3 is 4.74 Å². The molecular weight excluding hydrogens is 1010 g/mol. The topological polar surface area (TPSA) is 35.9 Å². The van der Waals surface area contributed by atoms with Crippen LogP contribution in [0.15, 0.2) is 236 Å². The summed E-state index contributed by atoms with van der Waals surface area (Å²) in [5.74, 6) is 1.17. The Hall–Kier alpha value is -9.58. The van der Waals surface area contributed by atoms with Gasteiger partial charge in [0.2, 0.25) is 0 Å². The number of rotatable bonds is 7. The van der Waals surface area contributed by atoms with E-state index in [-0.39, 0.29) is 89.2 Å². The van der Waals surface area contributed by atoms with E-state index in [2.05, 4.69) is 27.1 Å². The quantitative estimate of drug-likeness (QED) is 0.118. The zero-order valence-electron chi connectivity index (χ0n) is 73.7. The van der Waals surface area contributed by atoms with Crippen LogP contribution in [-0.2, 0) is 16.2 Å². The average molecular weight is 1100 g/mol. The van der Waals surface area contributed by atoms with Crippen molar-refractivity contribution in [2.24, 2.45) is 0 Å². The van der Waals surface area contributed by atoms with Crippen LogP contribution >= 0.6 is 0 Å². The first kappa shape index (κ1) is 28.4. The summed E-state index contributed by atoms with van der Waals surface area (Å²) in [4.78, 5) is 4.84. The summed E-state index contributed by atoms with van der Waals surface area (Å²) >= 11 is 0. The van der Waals surface area contributed by atoms with Crippen LogP contribution in [0.2, 0.25) is 0 Å². The number of ether oxygens (including phenoxy) is 1. The predicted molar refractivity (Wildman–Crippen MR) is 342 cm³/mol. The highest BCUT2D eigenvalue weighted by Gasteiger charge is 2.37. The van der Waals surface area contributed by atoms with Crippen molar-refractivity contribution in [1.29, 1.82) is 0 Å². The maximum Gasteiger partial charge on any atom is 0.269 e. The maximum atomic E-state index is 10.5. The van der Waals surface area contributed by atoms with E-state index in [9.17, 15) is 15.1 Å². The molecule has 0 unspecified atom stereocenters. The fraction of sp³-hybridized carbons (Fsp3) is 0.154. The molecule has 0 N–H and O–H groups in total. The monoisotopic (exact) mass is 1100 g/mol. The molecule has 0 fully saturated rings. The molecule has 13 aromatic rings. The van der Waals surface area contributed by atoms with Crippen LogP contribution in [0, 0.1) is 6.33 Å². The minimum absolute atomic E-state index is 0.0107. The first-order chi connectivity index (χ1) is 52.2. The van der Waals surface area contributed by atoms with E-state index in [1.807, 2.05) is 53.1 Å². The van der Waals surface area contributed by atoms with Crippen LogP contribution in [0.25, 0.3) is 117 Å². The van der Waals surface area contributed by atoms with E-state index in [1.165, 1.54) is 33.4 Å². The lowest BCUT2D eigenvalue weighted by Crippen LogP contribution is -2.33. The molecule has 10 aromatic carbocycles. The molecular formula is C78H64N4O. The van der Waals surface area contributed by atoms with Crippen molar-refractivity contribution in [2.45, 2.75) is 77.2 Å². The molecule has 15 rings (SSSR count). The molecule has 0 bridgehead atoms. The third-order valence-electron chi connectivity index (χ3n) is 15.5. The molecule has 402 valence electrons. The lowest BCUT2D eigenvalue weighted by molar-refractivity contribution is -0.570. The molecule has 2 aliphatic rings. The van der Waals surface area contributed by atoms with Gasteiger partial charge in [0.15, 0.2) is 0 Å². The summed E-state index contributed by atoms with van der Waals surface area (Å²) in [6, 6.07) is 31.2. The SMILES string of the molecule is [2H]c1c([2H])c([2H])c(-c2cccc3c2-c2ccccc2-c2cc(-c4c([2H])c([2H])c5c(c4[2H])C(C([2H])([2H])[2H])(C([2H])([2H])[2H])C([2H])([2H])C([2H])([2H])C5(C([2H])([2H])[2H])C([2H])([2H])[2H])cc4c2[n+]([c-]n4-c2cccc(Oc4ccc5c6ccccc6n(-c6cc(C(C)(C)C)ccn6)c5c4)c2)-c2c-3cccc2-c2c([2H])c([2H])c([2H])c([2H])c2[2H])c([2H])c1[2H]. The van der Waals surface area contributed by atoms with Crippen LogP contribution in [0.5, 0.6) is 11.5 Å². The lowest BCUT2D eigenvalue weighted by Gasteiger charge is -2.42. The van der Waals surface area contributed by atoms with E-state index in [0.29, 0.717) is 11.6 Å². The molecule has 1 aliphatic carbocycles. The van der Waals surface area contributed by atoms with E-state index < -0.39 is 152 Å². The maximum absolute atomic E-state index is 10.5. The normalized spacial score (nSPS) is 20.9. The third kappa shape index (κ3) is 8.35. The smallest absolute Gasteiger partial charge is 0.269 e. The van der Waals surface area contributed by atoms with Crippen LogP contribution in [-0.4, -0.2) is 14.1 Å². The number of hydrogen-bond donors (Lipinski definition) is 0. The number of aromatic nitrogens is 4. The van der Waals surface area contributed by atoms with Crippen LogP contribution in [0.3, 0.4) is 0 Å². The Balaban J connectivity index is 1.11. The van der Waals surface area contributed by atoms with E-state index in [0.717, 1.165) is 27.4 Å². The first-order valence-electron chi connectivity index (χ1n) is 41.2. The molecule has 3 aromatic heterocycles. The second-order valence-corrected chi connectivity index (χ2v) is 21.7. The molecule has 5 nitrogen and oxygen atoms in total. The molecule has 0 saturated heterocycles. The minimum atomic E-state index is -4.67. The van der Waals surface area contributed by atoms with Crippen molar-refractivity contribution >= 4 is 32.8 Å².